The number of hydrogen-bond acceptors (Lipinski definition) is 3. The predicted molar refractivity (Wildman–Crippen MR) is 96.9 cm³/mol. The van der Waals surface area contributed by atoms with Crippen molar-refractivity contribution in [1.29, 1.82) is 0 Å². The molecule has 3 rings (SSSR count). The summed E-state index contributed by atoms with van der Waals surface area (Å²) in [6.07, 6.45) is 10.4. The Morgan fingerprint density at radius 3 is 2.48 bits per heavy atom. The Bertz CT molecular complexity index is 503. The van der Waals surface area contributed by atoms with E-state index in [9.17, 15) is 9.59 Å². The van der Waals surface area contributed by atoms with Crippen LogP contribution in [-0.4, -0.2) is 48.6 Å². The van der Waals surface area contributed by atoms with Crippen LogP contribution in [0.25, 0.3) is 0 Å². The molecule has 140 valence electrons. The number of amides is 2. The maximum atomic E-state index is 12.3. The third-order valence-electron chi connectivity index (χ3n) is 5.90. The summed E-state index contributed by atoms with van der Waals surface area (Å²) < 4.78 is 5.69. The van der Waals surface area contributed by atoms with Gasteiger partial charge in [0, 0.05) is 25.0 Å². The van der Waals surface area contributed by atoms with E-state index in [1.165, 1.54) is 0 Å². The molecule has 1 N–H and O–H groups in total. The van der Waals surface area contributed by atoms with E-state index in [2.05, 4.69) is 31.3 Å². The van der Waals surface area contributed by atoms with Crippen LogP contribution >= 0.6 is 0 Å². The Labute approximate surface area is 151 Å². The monoisotopic (exact) mass is 348 g/mol. The SMILES string of the molecule is CC(CC1CCN(C(=O)COC2CC=CC2)CC1)NC(=O)[C@@H]1C[C@H]1C. The minimum Gasteiger partial charge on any atom is -0.368 e. The maximum absolute atomic E-state index is 12.3. The largest absolute Gasteiger partial charge is 0.368 e. The molecule has 1 saturated carbocycles. The van der Waals surface area contributed by atoms with Crippen molar-refractivity contribution < 1.29 is 14.3 Å². The Morgan fingerprint density at radius 1 is 1.24 bits per heavy atom. The minimum atomic E-state index is 0.120. The number of likely N-dealkylation sites (tertiary alicyclic amines) is 1. The second-order valence-corrected chi connectivity index (χ2v) is 8.16. The third-order valence-corrected chi connectivity index (χ3v) is 5.90. The van der Waals surface area contributed by atoms with Crippen LogP contribution in [0.2, 0.25) is 0 Å². The maximum Gasteiger partial charge on any atom is 0.248 e. The number of carbonyl (C=O) groups excluding carboxylic acids is 2. The molecule has 5 nitrogen and oxygen atoms in total. The van der Waals surface area contributed by atoms with Crippen molar-refractivity contribution in [1.82, 2.24) is 10.2 Å². The number of nitrogens with one attached hydrogen (secondary N) is 1. The summed E-state index contributed by atoms with van der Waals surface area (Å²) in [7, 11) is 0. The van der Waals surface area contributed by atoms with Crippen molar-refractivity contribution in [2.45, 2.75) is 64.5 Å². The van der Waals surface area contributed by atoms with Gasteiger partial charge in [-0.3, -0.25) is 9.59 Å². The van der Waals surface area contributed by atoms with Crippen LogP contribution in [0.3, 0.4) is 0 Å². The van der Waals surface area contributed by atoms with Gasteiger partial charge in [-0.05, 0) is 57.3 Å². The first-order valence-corrected chi connectivity index (χ1v) is 9.87. The van der Waals surface area contributed by atoms with Crippen molar-refractivity contribution in [3.05, 3.63) is 12.2 Å². The summed E-state index contributed by atoms with van der Waals surface area (Å²) in [6, 6.07) is 0.228. The van der Waals surface area contributed by atoms with E-state index in [4.69, 9.17) is 4.74 Å². The van der Waals surface area contributed by atoms with Gasteiger partial charge in [0.2, 0.25) is 11.8 Å². The highest BCUT2D eigenvalue weighted by Gasteiger charge is 2.39. The van der Waals surface area contributed by atoms with Gasteiger partial charge in [0.15, 0.2) is 0 Å². The van der Waals surface area contributed by atoms with Crippen LogP contribution in [0.15, 0.2) is 12.2 Å². The summed E-state index contributed by atoms with van der Waals surface area (Å²) in [5, 5.41) is 3.16. The summed E-state index contributed by atoms with van der Waals surface area (Å²) in [5.41, 5.74) is 0. The molecule has 1 heterocycles. The molecular weight excluding hydrogens is 316 g/mol. The highest BCUT2D eigenvalue weighted by atomic mass is 16.5. The van der Waals surface area contributed by atoms with Gasteiger partial charge in [0.05, 0.1) is 6.10 Å². The topological polar surface area (TPSA) is 58.6 Å². The molecule has 2 aliphatic carbocycles. The Kier molecular flexibility index (Phi) is 6.15. The molecule has 2 amide bonds. The first-order chi connectivity index (χ1) is 12.0. The second kappa shape index (κ2) is 8.35. The fourth-order valence-corrected chi connectivity index (χ4v) is 4.02. The van der Waals surface area contributed by atoms with E-state index in [-0.39, 0.29) is 36.5 Å². The van der Waals surface area contributed by atoms with Gasteiger partial charge < -0.3 is 15.0 Å². The minimum absolute atomic E-state index is 0.120. The lowest BCUT2D eigenvalue weighted by molar-refractivity contribution is -0.139. The first-order valence-electron chi connectivity index (χ1n) is 9.87. The second-order valence-electron chi connectivity index (χ2n) is 8.16. The highest BCUT2D eigenvalue weighted by Crippen LogP contribution is 2.37. The van der Waals surface area contributed by atoms with E-state index < -0.39 is 0 Å². The molecule has 0 radical (unpaired) electrons. The molecule has 0 spiro atoms. The summed E-state index contributed by atoms with van der Waals surface area (Å²) in [5.74, 6) is 1.75. The van der Waals surface area contributed by atoms with Crippen LogP contribution in [0.5, 0.6) is 0 Å². The molecular formula is C20H32N2O3. The Balaban J connectivity index is 1.31. The predicted octanol–water partition coefficient (Wildman–Crippen LogP) is 2.51. The smallest absolute Gasteiger partial charge is 0.248 e. The zero-order valence-electron chi connectivity index (χ0n) is 15.6. The van der Waals surface area contributed by atoms with E-state index in [1.54, 1.807) is 0 Å². The molecule has 25 heavy (non-hydrogen) atoms. The van der Waals surface area contributed by atoms with Gasteiger partial charge in [-0.15, -0.1) is 0 Å². The molecule has 0 aromatic carbocycles. The molecule has 1 unspecified atom stereocenters. The fourth-order valence-electron chi connectivity index (χ4n) is 4.02. The molecule has 0 aromatic rings. The molecule has 3 atom stereocenters. The quantitative estimate of drug-likeness (QED) is 0.719. The molecule has 1 saturated heterocycles. The summed E-state index contributed by atoms with van der Waals surface area (Å²) >= 11 is 0. The molecule has 3 aliphatic rings. The molecule has 1 aliphatic heterocycles. The van der Waals surface area contributed by atoms with Gasteiger partial charge in [-0.1, -0.05) is 19.1 Å². The molecule has 2 fully saturated rings. The van der Waals surface area contributed by atoms with E-state index >= 15 is 0 Å². The van der Waals surface area contributed by atoms with E-state index in [0.717, 1.165) is 51.6 Å². The van der Waals surface area contributed by atoms with Crippen LogP contribution in [0.1, 0.15) is 52.4 Å². The highest BCUT2D eigenvalue weighted by molar-refractivity contribution is 5.81. The zero-order chi connectivity index (χ0) is 17.8. The van der Waals surface area contributed by atoms with Crippen molar-refractivity contribution >= 4 is 11.8 Å². The van der Waals surface area contributed by atoms with Crippen LogP contribution in [0.4, 0.5) is 0 Å². The number of piperidine rings is 1. The first kappa shape index (κ1) is 18.4. The lowest BCUT2D eigenvalue weighted by atomic mass is 9.90. The molecule has 0 bridgehead atoms. The number of ether oxygens (including phenoxy) is 1. The molecule has 5 heteroatoms. The lowest BCUT2D eigenvalue weighted by Crippen LogP contribution is -2.42. The molecule has 0 aromatic heterocycles. The summed E-state index contributed by atoms with van der Waals surface area (Å²) in [4.78, 5) is 26.2. The van der Waals surface area contributed by atoms with Crippen molar-refractivity contribution in [3.8, 4) is 0 Å². The third kappa shape index (κ3) is 5.30. The number of hydrogen-bond donors (Lipinski definition) is 1. The van der Waals surface area contributed by atoms with Crippen molar-refractivity contribution in [2.24, 2.45) is 17.8 Å². The van der Waals surface area contributed by atoms with E-state index in [1.807, 2.05) is 4.90 Å². The Morgan fingerprint density at radius 2 is 1.88 bits per heavy atom. The van der Waals surface area contributed by atoms with Crippen LogP contribution in [-0.2, 0) is 14.3 Å². The van der Waals surface area contributed by atoms with Gasteiger partial charge in [0.25, 0.3) is 0 Å². The van der Waals surface area contributed by atoms with Gasteiger partial charge in [-0.25, -0.2) is 0 Å². The number of rotatable bonds is 7. The summed E-state index contributed by atoms with van der Waals surface area (Å²) in [6.45, 7) is 6.08. The average Bonchev–Trinajstić information content (AvgIpc) is 3.10. The van der Waals surface area contributed by atoms with Crippen molar-refractivity contribution in [2.75, 3.05) is 19.7 Å². The van der Waals surface area contributed by atoms with Gasteiger partial charge in [0.1, 0.15) is 6.61 Å². The van der Waals surface area contributed by atoms with Gasteiger partial charge >= 0.3 is 0 Å². The standard InChI is InChI=1S/C20H32N2O3/c1-14-11-18(14)20(24)21-15(2)12-16-7-9-22(10-8-16)19(23)13-25-17-5-3-4-6-17/h3-4,14-18H,5-13H2,1-2H3,(H,21,24)/t14-,15?,18-/m1/s1. The lowest BCUT2D eigenvalue weighted by Gasteiger charge is -2.33. The van der Waals surface area contributed by atoms with Gasteiger partial charge in [-0.2, -0.15) is 0 Å². The van der Waals surface area contributed by atoms with Crippen molar-refractivity contribution in [3.63, 3.8) is 0 Å². The zero-order valence-corrected chi connectivity index (χ0v) is 15.6. The Hall–Kier alpha value is -1.36. The fraction of sp³-hybridized carbons (Fsp3) is 0.800. The number of nitrogens with zero attached hydrogens (tertiary/aromatic N) is 1. The van der Waals surface area contributed by atoms with Crippen LogP contribution in [0, 0.1) is 17.8 Å². The average molecular weight is 348 g/mol. The van der Waals surface area contributed by atoms with Crippen LogP contribution < -0.4 is 5.32 Å². The van der Waals surface area contributed by atoms with E-state index in [0.29, 0.717) is 11.8 Å². The number of carbonyl (C=O) groups is 2. The normalized spacial score (nSPS) is 28.2.